The van der Waals surface area contributed by atoms with Crippen molar-refractivity contribution in [1.29, 1.82) is 0 Å². The van der Waals surface area contributed by atoms with Crippen molar-refractivity contribution in [2.75, 3.05) is 20.2 Å². The standard InChI is InChI=1S/C22H23BrN2O2/c1-15(20-9-5-7-16-6-3-4-8-21(16)20)25-10-11-27-19-13-17(22(26)24-2)12-18(23)14-19/h3-9,12-15,25H,10-11H2,1-2H3,(H,24,26). The largest absolute Gasteiger partial charge is 0.492 e. The topological polar surface area (TPSA) is 50.4 Å². The summed E-state index contributed by atoms with van der Waals surface area (Å²) in [6.45, 7) is 3.37. The molecule has 27 heavy (non-hydrogen) atoms. The lowest BCUT2D eigenvalue weighted by Crippen LogP contribution is -2.24. The number of rotatable bonds is 7. The zero-order valence-electron chi connectivity index (χ0n) is 15.5. The third-order valence-corrected chi connectivity index (χ3v) is 4.93. The lowest BCUT2D eigenvalue weighted by molar-refractivity contribution is 0.0962. The number of carbonyl (C=O) groups excluding carboxylic acids is 1. The first-order chi connectivity index (χ1) is 13.1. The summed E-state index contributed by atoms with van der Waals surface area (Å²) >= 11 is 3.42. The van der Waals surface area contributed by atoms with Crippen LogP contribution >= 0.6 is 15.9 Å². The normalized spacial score (nSPS) is 12.0. The van der Waals surface area contributed by atoms with Gasteiger partial charge in [-0.1, -0.05) is 58.4 Å². The maximum atomic E-state index is 11.8. The van der Waals surface area contributed by atoms with Crippen molar-refractivity contribution < 1.29 is 9.53 Å². The number of ether oxygens (including phenoxy) is 1. The van der Waals surface area contributed by atoms with Gasteiger partial charge in [-0.15, -0.1) is 0 Å². The SMILES string of the molecule is CNC(=O)c1cc(Br)cc(OCCNC(C)c2cccc3ccccc23)c1. The smallest absolute Gasteiger partial charge is 0.251 e. The molecule has 3 rings (SSSR count). The Kier molecular flexibility index (Phi) is 6.48. The molecule has 0 saturated carbocycles. The average molecular weight is 427 g/mol. The Balaban J connectivity index is 1.59. The summed E-state index contributed by atoms with van der Waals surface area (Å²) in [5.41, 5.74) is 1.84. The Morgan fingerprint density at radius 2 is 1.89 bits per heavy atom. The fourth-order valence-corrected chi connectivity index (χ4v) is 3.58. The molecule has 140 valence electrons. The van der Waals surface area contributed by atoms with Crippen molar-refractivity contribution >= 4 is 32.6 Å². The number of nitrogens with one attached hydrogen (secondary N) is 2. The first-order valence-electron chi connectivity index (χ1n) is 8.95. The molecule has 0 aliphatic rings. The van der Waals surface area contributed by atoms with Crippen molar-refractivity contribution in [2.24, 2.45) is 0 Å². The summed E-state index contributed by atoms with van der Waals surface area (Å²) in [6.07, 6.45) is 0. The maximum absolute atomic E-state index is 11.8. The van der Waals surface area contributed by atoms with Crippen LogP contribution in [0.3, 0.4) is 0 Å². The molecule has 1 atom stereocenters. The third-order valence-electron chi connectivity index (χ3n) is 4.47. The fraction of sp³-hybridized carbons (Fsp3) is 0.227. The predicted molar refractivity (Wildman–Crippen MR) is 113 cm³/mol. The summed E-state index contributed by atoms with van der Waals surface area (Å²) in [7, 11) is 1.61. The Hall–Kier alpha value is -2.37. The summed E-state index contributed by atoms with van der Waals surface area (Å²) in [5.74, 6) is 0.534. The van der Waals surface area contributed by atoms with Crippen molar-refractivity contribution in [3.05, 3.63) is 76.3 Å². The first kappa shape index (κ1) is 19.4. The van der Waals surface area contributed by atoms with Gasteiger partial charge in [-0.2, -0.15) is 0 Å². The van der Waals surface area contributed by atoms with Crippen molar-refractivity contribution in [3.8, 4) is 5.75 Å². The van der Waals surface area contributed by atoms with Crippen LogP contribution in [0.5, 0.6) is 5.75 Å². The van der Waals surface area contributed by atoms with Gasteiger partial charge in [0.1, 0.15) is 12.4 Å². The minimum Gasteiger partial charge on any atom is -0.492 e. The van der Waals surface area contributed by atoms with Crippen LogP contribution in [0.15, 0.2) is 65.1 Å². The molecule has 3 aromatic rings. The van der Waals surface area contributed by atoms with Crippen LogP contribution in [0.25, 0.3) is 10.8 Å². The molecular weight excluding hydrogens is 404 g/mol. The highest BCUT2D eigenvalue weighted by Crippen LogP contribution is 2.24. The molecule has 0 spiro atoms. The zero-order chi connectivity index (χ0) is 19.2. The molecule has 0 aliphatic carbocycles. The van der Waals surface area contributed by atoms with Gasteiger partial charge in [0, 0.05) is 29.7 Å². The molecule has 0 radical (unpaired) electrons. The van der Waals surface area contributed by atoms with E-state index in [-0.39, 0.29) is 11.9 Å². The second-order valence-electron chi connectivity index (χ2n) is 6.35. The molecule has 5 heteroatoms. The van der Waals surface area contributed by atoms with E-state index in [9.17, 15) is 4.79 Å². The van der Waals surface area contributed by atoms with Crippen molar-refractivity contribution in [1.82, 2.24) is 10.6 Å². The zero-order valence-corrected chi connectivity index (χ0v) is 17.0. The molecule has 0 aliphatic heterocycles. The quantitative estimate of drug-likeness (QED) is 0.538. The minimum atomic E-state index is -0.135. The van der Waals surface area contributed by atoms with Gasteiger partial charge in [0.2, 0.25) is 0 Å². The third kappa shape index (κ3) is 4.87. The van der Waals surface area contributed by atoms with E-state index in [1.165, 1.54) is 16.3 Å². The Morgan fingerprint density at radius 1 is 1.11 bits per heavy atom. The summed E-state index contributed by atoms with van der Waals surface area (Å²) in [5, 5.41) is 8.64. The minimum absolute atomic E-state index is 0.135. The highest BCUT2D eigenvalue weighted by atomic mass is 79.9. The lowest BCUT2D eigenvalue weighted by atomic mass is 10.00. The number of amides is 1. The van der Waals surface area contributed by atoms with Gasteiger partial charge in [0.05, 0.1) is 0 Å². The number of carbonyl (C=O) groups is 1. The Labute approximate surface area is 168 Å². The molecule has 1 amide bonds. The van der Waals surface area contributed by atoms with E-state index in [4.69, 9.17) is 4.74 Å². The van der Waals surface area contributed by atoms with Crippen LogP contribution in [-0.2, 0) is 0 Å². The van der Waals surface area contributed by atoms with Gasteiger partial charge in [-0.05, 0) is 41.5 Å². The van der Waals surface area contributed by atoms with E-state index >= 15 is 0 Å². The van der Waals surface area contributed by atoms with E-state index in [1.54, 1.807) is 19.2 Å². The maximum Gasteiger partial charge on any atom is 0.251 e. The van der Waals surface area contributed by atoms with E-state index < -0.39 is 0 Å². The predicted octanol–water partition coefficient (Wildman–Crippen LogP) is 4.69. The van der Waals surface area contributed by atoms with E-state index in [0.29, 0.717) is 24.5 Å². The molecule has 3 aromatic carbocycles. The molecule has 0 saturated heterocycles. The second kappa shape index (κ2) is 9.02. The van der Waals surface area contributed by atoms with Crippen LogP contribution in [0.4, 0.5) is 0 Å². The monoisotopic (exact) mass is 426 g/mol. The summed E-state index contributed by atoms with van der Waals surface area (Å²) in [4.78, 5) is 11.8. The van der Waals surface area contributed by atoms with Gasteiger partial charge in [0.25, 0.3) is 5.91 Å². The van der Waals surface area contributed by atoms with E-state index in [0.717, 1.165) is 4.47 Å². The molecule has 0 heterocycles. The van der Waals surface area contributed by atoms with Crippen LogP contribution < -0.4 is 15.4 Å². The molecule has 0 aromatic heterocycles. The number of fused-ring (bicyclic) bond motifs is 1. The Bertz CT molecular complexity index is 937. The fourth-order valence-electron chi connectivity index (χ4n) is 3.10. The van der Waals surface area contributed by atoms with Gasteiger partial charge in [-0.25, -0.2) is 0 Å². The average Bonchev–Trinajstić information content (AvgIpc) is 2.69. The van der Waals surface area contributed by atoms with Crippen LogP contribution in [0.2, 0.25) is 0 Å². The molecule has 0 fully saturated rings. The number of hydrogen-bond donors (Lipinski definition) is 2. The van der Waals surface area contributed by atoms with Gasteiger partial charge in [-0.3, -0.25) is 4.79 Å². The van der Waals surface area contributed by atoms with Gasteiger partial charge in [0.15, 0.2) is 0 Å². The summed E-state index contributed by atoms with van der Waals surface area (Å²) in [6, 6.07) is 20.4. The van der Waals surface area contributed by atoms with Crippen molar-refractivity contribution in [2.45, 2.75) is 13.0 Å². The first-order valence-corrected chi connectivity index (χ1v) is 9.74. The van der Waals surface area contributed by atoms with E-state index in [2.05, 4.69) is 76.0 Å². The number of hydrogen-bond acceptors (Lipinski definition) is 3. The van der Waals surface area contributed by atoms with Crippen LogP contribution in [0, 0.1) is 0 Å². The molecule has 2 N–H and O–H groups in total. The lowest BCUT2D eigenvalue weighted by Gasteiger charge is -2.17. The molecule has 4 nitrogen and oxygen atoms in total. The van der Waals surface area contributed by atoms with Gasteiger partial charge >= 0.3 is 0 Å². The van der Waals surface area contributed by atoms with Crippen molar-refractivity contribution in [3.63, 3.8) is 0 Å². The number of benzene rings is 3. The second-order valence-corrected chi connectivity index (χ2v) is 7.26. The highest BCUT2D eigenvalue weighted by molar-refractivity contribution is 9.10. The number of halogens is 1. The van der Waals surface area contributed by atoms with Gasteiger partial charge < -0.3 is 15.4 Å². The van der Waals surface area contributed by atoms with Crippen LogP contribution in [-0.4, -0.2) is 26.1 Å². The van der Waals surface area contributed by atoms with Crippen LogP contribution in [0.1, 0.15) is 28.9 Å². The molecule has 0 bridgehead atoms. The molecule has 1 unspecified atom stereocenters. The van der Waals surface area contributed by atoms with E-state index in [1.807, 2.05) is 6.07 Å². The molecular formula is C22H23BrN2O2. The Morgan fingerprint density at radius 3 is 2.70 bits per heavy atom. The summed E-state index contributed by atoms with van der Waals surface area (Å²) < 4.78 is 6.64. The highest BCUT2D eigenvalue weighted by Gasteiger charge is 2.09.